The molecule has 7 heteroatoms. The fourth-order valence-corrected chi connectivity index (χ4v) is 4.44. The van der Waals surface area contributed by atoms with Crippen LogP contribution in [0.2, 0.25) is 0 Å². The Hall–Kier alpha value is -1.83. The topological polar surface area (TPSA) is 52.7 Å². The van der Waals surface area contributed by atoms with Gasteiger partial charge in [-0.15, -0.1) is 11.8 Å². The molecule has 2 aromatic rings. The molecule has 2 heterocycles. The maximum Gasteiger partial charge on any atom is 0.240 e. The minimum absolute atomic E-state index is 0.0270. The first-order chi connectivity index (χ1) is 12.1. The normalized spacial score (nSPS) is 15.2. The minimum Gasteiger partial charge on any atom is -0.353 e. The molecule has 5 nitrogen and oxygen atoms in total. The van der Waals surface area contributed by atoms with Crippen molar-refractivity contribution in [2.75, 3.05) is 37.8 Å². The number of carbonyl (C=O) groups is 2. The zero-order chi connectivity index (χ0) is 17.8. The van der Waals surface area contributed by atoms with Crippen LogP contribution in [0.5, 0.6) is 0 Å². The van der Waals surface area contributed by atoms with E-state index in [0.29, 0.717) is 12.3 Å². The predicted molar refractivity (Wildman–Crippen MR) is 103 cm³/mol. The Morgan fingerprint density at radius 2 is 2.12 bits per heavy atom. The summed E-state index contributed by atoms with van der Waals surface area (Å²) in [5, 5.41) is 7.11. The highest BCUT2D eigenvalue weighted by Gasteiger charge is 2.26. The Morgan fingerprint density at radius 3 is 2.84 bits per heavy atom. The van der Waals surface area contributed by atoms with Gasteiger partial charge < -0.3 is 15.1 Å². The van der Waals surface area contributed by atoms with E-state index in [1.807, 2.05) is 43.7 Å². The summed E-state index contributed by atoms with van der Waals surface area (Å²) in [6.45, 7) is 0.571. The first kappa shape index (κ1) is 18.0. The Labute approximate surface area is 156 Å². The quantitative estimate of drug-likeness (QED) is 0.843. The van der Waals surface area contributed by atoms with Crippen LogP contribution < -0.4 is 10.2 Å². The van der Waals surface area contributed by atoms with Crippen LogP contribution in [0.4, 0.5) is 5.69 Å². The van der Waals surface area contributed by atoms with Crippen molar-refractivity contribution >= 4 is 40.6 Å². The van der Waals surface area contributed by atoms with Crippen LogP contribution >= 0.6 is 23.1 Å². The molecule has 0 aliphatic carbocycles. The Bertz CT molecular complexity index is 747. The van der Waals surface area contributed by atoms with Gasteiger partial charge >= 0.3 is 0 Å². The highest BCUT2D eigenvalue weighted by Crippen LogP contribution is 2.34. The molecule has 1 aromatic carbocycles. The number of thioether (sulfide) groups is 1. The number of nitrogens with one attached hydrogen (secondary N) is 1. The number of hydrogen-bond donors (Lipinski definition) is 1. The summed E-state index contributed by atoms with van der Waals surface area (Å²) in [5.41, 5.74) is 2.01. The van der Waals surface area contributed by atoms with Gasteiger partial charge in [0, 0.05) is 11.4 Å². The molecular weight excluding hydrogens is 354 g/mol. The van der Waals surface area contributed by atoms with Crippen molar-refractivity contribution in [1.82, 2.24) is 10.2 Å². The van der Waals surface area contributed by atoms with Gasteiger partial charge in [0.1, 0.15) is 6.54 Å². The van der Waals surface area contributed by atoms with Crippen LogP contribution in [0.3, 0.4) is 0 Å². The highest BCUT2D eigenvalue weighted by molar-refractivity contribution is 8.00. The first-order valence-electron chi connectivity index (χ1n) is 8.03. The van der Waals surface area contributed by atoms with E-state index in [9.17, 15) is 9.59 Å². The molecule has 1 aliphatic heterocycles. The molecular formula is C18H21N3O2S2. The molecule has 0 bridgehead atoms. The number of anilines is 1. The second kappa shape index (κ2) is 8.03. The summed E-state index contributed by atoms with van der Waals surface area (Å²) in [6.07, 6.45) is 0. The Morgan fingerprint density at radius 1 is 1.32 bits per heavy atom. The van der Waals surface area contributed by atoms with Crippen molar-refractivity contribution in [3.05, 3.63) is 46.7 Å². The molecule has 25 heavy (non-hydrogen) atoms. The molecule has 3 rings (SSSR count). The average Bonchev–Trinajstić information content (AvgIpc) is 3.11. The molecule has 132 valence electrons. The maximum atomic E-state index is 12.4. The van der Waals surface area contributed by atoms with E-state index in [1.54, 1.807) is 16.2 Å². The number of likely N-dealkylation sites (N-methyl/N-ethyl adjacent to an activating group) is 1. The number of rotatable bonds is 6. The standard InChI is InChI=1S/C18H21N3O2S2/c1-20(2)15(13-7-8-24-11-13)9-19-17(22)10-21-14-5-3-4-6-16(14)25-12-18(21)23/h3-8,11,15H,9-10,12H2,1-2H3,(H,19,22). The van der Waals surface area contributed by atoms with Crippen molar-refractivity contribution in [2.45, 2.75) is 10.9 Å². The Balaban J connectivity index is 1.64. The molecule has 0 fully saturated rings. The fraction of sp³-hybridized carbons (Fsp3) is 0.333. The number of hydrogen-bond acceptors (Lipinski definition) is 5. The van der Waals surface area contributed by atoms with Crippen molar-refractivity contribution < 1.29 is 9.59 Å². The third kappa shape index (κ3) is 4.23. The second-order valence-corrected chi connectivity index (χ2v) is 7.87. The summed E-state index contributed by atoms with van der Waals surface area (Å²) in [7, 11) is 3.99. The van der Waals surface area contributed by atoms with Gasteiger partial charge in [-0.2, -0.15) is 11.3 Å². The number of carbonyl (C=O) groups excluding carboxylic acids is 2. The third-order valence-electron chi connectivity index (χ3n) is 4.15. The number of para-hydroxylation sites is 1. The molecule has 2 amide bonds. The van der Waals surface area contributed by atoms with Crippen LogP contribution in [0.25, 0.3) is 0 Å². The van der Waals surface area contributed by atoms with Crippen LogP contribution in [-0.4, -0.2) is 49.7 Å². The van der Waals surface area contributed by atoms with Crippen molar-refractivity contribution in [2.24, 2.45) is 0 Å². The largest absolute Gasteiger partial charge is 0.353 e. The summed E-state index contributed by atoms with van der Waals surface area (Å²) in [6, 6.07) is 9.90. The lowest BCUT2D eigenvalue weighted by Gasteiger charge is -2.29. The van der Waals surface area contributed by atoms with Gasteiger partial charge in [0.25, 0.3) is 0 Å². The molecule has 0 saturated heterocycles. The fourth-order valence-electron chi connectivity index (χ4n) is 2.80. The van der Waals surface area contributed by atoms with Crippen LogP contribution in [0.15, 0.2) is 46.0 Å². The number of benzene rings is 1. The highest BCUT2D eigenvalue weighted by atomic mass is 32.2. The summed E-state index contributed by atoms with van der Waals surface area (Å²) >= 11 is 3.17. The number of fused-ring (bicyclic) bond motifs is 1. The maximum absolute atomic E-state index is 12.4. The van der Waals surface area contributed by atoms with Gasteiger partial charge in [-0.25, -0.2) is 0 Å². The Kier molecular flexibility index (Phi) is 5.78. The molecule has 1 unspecified atom stereocenters. The minimum atomic E-state index is -0.142. The molecule has 1 N–H and O–H groups in total. The zero-order valence-corrected chi connectivity index (χ0v) is 15.9. The first-order valence-corrected chi connectivity index (χ1v) is 9.96. The van der Waals surface area contributed by atoms with E-state index in [2.05, 4.69) is 21.7 Å². The van der Waals surface area contributed by atoms with Gasteiger partial charge in [-0.1, -0.05) is 12.1 Å². The molecule has 1 aromatic heterocycles. The van der Waals surface area contributed by atoms with Crippen molar-refractivity contribution in [3.63, 3.8) is 0 Å². The van der Waals surface area contributed by atoms with Gasteiger partial charge in [-0.05, 0) is 48.6 Å². The van der Waals surface area contributed by atoms with Crippen molar-refractivity contribution in [3.8, 4) is 0 Å². The lowest BCUT2D eigenvalue weighted by Crippen LogP contribution is -2.44. The lowest BCUT2D eigenvalue weighted by atomic mass is 10.1. The summed E-state index contributed by atoms with van der Waals surface area (Å²) in [4.78, 5) is 29.4. The van der Waals surface area contributed by atoms with E-state index >= 15 is 0 Å². The van der Waals surface area contributed by atoms with E-state index in [0.717, 1.165) is 10.6 Å². The van der Waals surface area contributed by atoms with E-state index in [-0.39, 0.29) is 24.4 Å². The van der Waals surface area contributed by atoms with Gasteiger partial charge in [0.2, 0.25) is 11.8 Å². The second-order valence-electron chi connectivity index (χ2n) is 6.08. The van der Waals surface area contributed by atoms with Gasteiger partial charge in [0.05, 0.1) is 17.5 Å². The number of nitrogens with zero attached hydrogens (tertiary/aromatic N) is 2. The van der Waals surface area contributed by atoms with Crippen LogP contribution in [0, 0.1) is 0 Å². The molecule has 1 atom stereocenters. The monoisotopic (exact) mass is 375 g/mol. The molecule has 0 radical (unpaired) electrons. The SMILES string of the molecule is CN(C)C(CNC(=O)CN1C(=O)CSc2ccccc21)c1ccsc1. The number of amides is 2. The summed E-state index contributed by atoms with van der Waals surface area (Å²) < 4.78 is 0. The van der Waals surface area contributed by atoms with E-state index in [4.69, 9.17) is 0 Å². The average molecular weight is 376 g/mol. The lowest BCUT2D eigenvalue weighted by molar-refractivity contribution is -0.123. The van der Waals surface area contributed by atoms with Crippen molar-refractivity contribution in [1.29, 1.82) is 0 Å². The number of thiophene rings is 1. The van der Waals surface area contributed by atoms with Gasteiger partial charge in [0.15, 0.2) is 0 Å². The smallest absolute Gasteiger partial charge is 0.240 e. The molecule has 1 aliphatic rings. The summed E-state index contributed by atoms with van der Waals surface area (Å²) in [5.74, 6) is 0.206. The van der Waals surface area contributed by atoms with Crippen LogP contribution in [-0.2, 0) is 9.59 Å². The zero-order valence-electron chi connectivity index (χ0n) is 14.3. The van der Waals surface area contributed by atoms with E-state index < -0.39 is 0 Å². The van der Waals surface area contributed by atoms with Crippen LogP contribution in [0.1, 0.15) is 11.6 Å². The molecule has 0 spiro atoms. The molecule has 0 saturated carbocycles. The predicted octanol–water partition coefficient (Wildman–Crippen LogP) is 2.61. The van der Waals surface area contributed by atoms with Gasteiger partial charge in [-0.3, -0.25) is 9.59 Å². The van der Waals surface area contributed by atoms with E-state index in [1.165, 1.54) is 17.3 Å². The third-order valence-corrected chi connectivity index (χ3v) is 5.90.